The molecular formula is C26H22N4O5. The Morgan fingerprint density at radius 3 is 2.71 bits per heavy atom. The number of benzene rings is 3. The zero-order valence-electron chi connectivity index (χ0n) is 18.9. The second kappa shape index (κ2) is 9.30. The number of nitrogens with zero attached hydrogens (tertiary/aromatic N) is 2. The van der Waals surface area contributed by atoms with E-state index in [9.17, 15) is 14.4 Å². The minimum Gasteiger partial charge on any atom is -0.497 e. The van der Waals surface area contributed by atoms with Crippen molar-refractivity contribution in [3.63, 3.8) is 0 Å². The standard InChI is InChI=1S/C26H22N4O5/c1-34-21-9-8-20-13-30(25(32)22(20)11-21)14-23(29-26(33)27-15-31)17-4-2-16(3-5-17)18-6-7-19-12-28-35-24(19)10-18/h2-12,15,23H,13-14H2,1H3,(H2,27,29,31,33)/t23-/m0/s1. The molecule has 1 aliphatic heterocycles. The van der Waals surface area contributed by atoms with Gasteiger partial charge in [-0.05, 0) is 46.5 Å². The average molecular weight is 470 g/mol. The lowest BCUT2D eigenvalue weighted by atomic mass is 10.00. The van der Waals surface area contributed by atoms with Gasteiger partial charge < -0.3 is 19.5 Å². The second-order valence-electron chi connectivity index (χ2n) is 8.20. The first-order valence-corrected chi connectivity index (χ1v) is 11.0. The Morgan fingerprint density at radius 1 is 1.14 bits per heavy atom. The summed E-state index contributed by atoms with van der Waals surface area (Å²) in [6.45, 7) is 0.645. The molecule has 4 aromatic rings. The molecule has 4 amide bonds. The van der Waals surface area contributed by atoms with Crippen molar-refractivity contribution in [2.45, 2.75) is 12.6 Å². The number of ether oxygens (including phenoxy) is 1. The number of hydrogen-bond acceptors (Lipinski definition) is 6. The summed E-state index contributed by atoms with van der Waals surface area (Å²) in [5, 5.41) is 9.62. The van der Waals surface area contributed by atoms with Gasteiger partial charge >= 0.3 is 6.03 Å². The van der Waals surface area contributed by atoms with Crippen LogP contribution >= 0.6 is 0 Å². The fourth-order valence-electron chi connectivity index (χ4n) is 4.27. The molecule has 2 N–H and O–H groups in total. The van der Waals surface area contributed by atoms with Crippen molar-refractivity contribution in [1.29, 1.82) is 0 Å². The topological polar surface area (TPSA) is 114 Å². The summed E-state index contributed by atoms with van der Waals surface area (Å²) in [5.74, 6) is 0.469. The smallest absolute Gasteiger partial charge is 0.321 e. The number of rotatable bonds is 7. The predicted octanol–water partition coefficient (Wildman–Crippen LogP) is 3.66. The van der Waals surface area contributed by atoms with E-state index in [1.54, 1.807) is 24.3 Å². The number of carbonyl (C=O) groups is 3. The Labute approximate surface area is 200 Å². The summed E-state index contributed by atoms with van der Waals surface area (Å²) in [5.41, 5.74) is 4.88. The highest BCUT2D eigenvalue weighted by molar-refractivity contribution is 5.98. The summed E-state index contributed by atoms with van der Waals surface area (Å²) in [6, 6.07) is 17.7. The molecule has 0 saturated heterocycles. The molecule has 0 spiro atoms. The minimum atomic E-state index is -0.643. The van der Waals surface area contributed by atoms with Crippen molar-refractivity contribution in [3.8, 4) is 16.9 Å². The van der Waals surface area contributed by atoms with Crippen molar-refractivity contribution < 1.29 is 23.6 Å². The molecular weight excluding hydrogens is 448 g/mol. The zero-order chi connectivity index (χ0) is 24.4. The molecule has 176 valence electrons. The van der Waals surface area contributed by atoms with Gasteiger partial charge in [0, 0.05) is 24.0 Å². The molecule has 3 aromatic carbocycles. The predicted molar refractivity (Wildman–Crippen MR) is 128 cm³/mol. The fraction of sp³-hybridized carbons (Fsp3) is 0.154. The third kappa shape index (κ3) is 4.43. The minimum absolute atomic E-state index is 0.140. The SMILES string of the molecule is COc1ccc2c(c1)C(=O)N(C[C@H](NC(=O)NC=O)c1ccc(-c3ccc4cnoc4c3)cc1)C2. The van der Waals surface area contributed by atoms with Crippen molar-refractivity contribution in [2.24, 2.45) is 0 Å². The quantitative estimate of drug-likeness (QED) is 0.399. The van der Waals surface area contributed by atoms with Gasteiger partial charge in [0.1, 0.15) is 5.75 Å². The van der Waals surface area contributed by atoms with E-state index in [0.29, 0.717) is 29.9 Å². The number of methoxy groups -OCH3 is 1. The van der Waals surface area contributed by atoms with Crippen LogP contribution in [0.25, 0.3) is 22.1 Å². The molecule has 0 aliphatic carbocycles. The molecule has 0 saturated carbocycles. The van der Waals surface area contributed by atoms with E-state index < -0.39 is 12.1 Å². The van der Waals surface area contributed by atoms with Gasteiger partial charge in [0.15, 0.2) is 5.58 Å². The van der Waals surface area contributed by atoms with Crippen LogP contribution in [0.2, 0.25) is 0 Å². The molecule has 0 fully saturated rings. The number of imide groups is 1. The van der Waals surface area contributed by atoms with Gasteiger partial charge in [-0.25, -0.2) is 4.79 Å². The largest absolute Gasteiger partial charge is 0.497 e. The molecule has 0 unspecified atom stereocenters. The molecule has 35 heavy (non-hydrogen) atoms. The summed E-state index contributed by atoms with van der Waals surface area (Å²) < 4.78 is 10.5. The number of carbonyl (C=O) groups excluding carboxylic acids is 3. The molecule has 0 radical (unpaired) electrons. The molecule has 9 heteroatoms. The van der Waals surface area contributed by atoms with Gasteiger partial charge in [-0.3, -0.25) is 14.9 Å². The maximum atomic E-state index is 13.0. The van der Waals surface area contributed by atoms with Crippen LogP contribution < -0.4 is 15.4 Å². The first kappa shape index (κ1) is 22.1. The normalized spacial score (nSPS) is 13.4. The second-order valence-corrected chi connectivity index (χ2v) is 8.20. The molecule has 9 nitrogen and oxygen atoms in total. The van der Waals surface area contributed by atoms with Crippen molar-refractivity contribution >= 4 is 29.3 Å². The van der Waals surface area contributed by atoms with Crippen molar-refractivity contribution in [1.82, 2.24) is 20.7 Å². The van der Waals surface area contributed by atoms with Gasteiger partial charge in [-0.1, -0.05) is 41.6 Å². The van der Waals surface area contributed by atoms with Crippen LogP contribution in [0.1, 0.15) is 27.5 Å². The number of aromatic nitrogens is 1. The Hall–Kier alpha value is -4.66. The molecule has 1 aromatic heterocycles. The third-order valence-electron chi connectivity index (χ3n) is 6.10. The van der Waals surface area contributed by atoms with Crippen LogP contribution in [0.5, 0.6) is 5.75 Å². The number of nitrogens with one attached hydrogen (secondary N) is 2. The Bertz CT molecular complexity index is 1410. The molecule has 5 rings (SSSR count). The van der Waals surface area contributed by atoms with Gasteiger partial charge in [0.25, 0.3) is 5.91 Å². The van der Waals surface area contributed by atoms with Crippen LogP contribution in [-0.2, 0) is 11.3 Å². The van der Waals surface area contributed by atoms with E-state index in [4.69, 9.17) is 9.26 Å². The van der Waals surface area contributed by atoms with Crippen molar-refractivity contribution in [2.75, 3.05) is 13.7 Å². The molecule has 0 bridgehead atoms. The van der Waals surface area contributed by atoms with Gasteiger partial charge in [-0.15, -0.1) is 0 Å². The van der Waals surface area contributed by atoms with E-state index >= 15 is 0 Å². The van der Waals surface area contributed by atoms with Crippen molar-refractivity contribution in [3.05, 3.63) is 83.6 Å². The molecule has 2 heterocycles. The van der Waals surface area contributed by atoms with E-state index in [2.05, 4.69) is 15.8 Å². The summed E-state index contributed by atoms with van der Waals surface area (Å²) in [4.78, 5) is 37.6. The number of amides is 4. The third-order valence-corrected chi connectivity index (χ3v) is 6.10. The highest BCUT2D eigenvalue weighted by atomic mass is 16.5. The van der Waals surface area contributed by atoms with Crippen LogP contribution in [0.3, 0.4) is 0 Å². The first-order chi connectivity index (χ1) is 17.1. The Kier molecular flexibility index (Phi) is 5.88. The number of urea groups is 1. The average Bonchev–Trinajstić information content (AvgIpc) is 3.47. The van der Waals surface area contributed by atoms with Gasteiger partial charge in [0.05, 0.1) is 19.3 Å². The highest BCUT2D eigenvalue weighted by Crippen LogP contribution is 2.30. The Balaban J connectivity index is 1.39. The van der Waals surface area contributed by atoms with Crippen LogP contribution in [0, 0.1) is 0 Å². The maximum Gasteiger partial charge on any atom is 0.321 e. The summed E-state index contributed by atoms with van der Waals surface area (Å²) in [6.07, 6.45) is 1.98. The number of hydrogen-bond donors (Lipinski definition) is 2. The van der Waals surface area contributed by atoms with Crippen LogP contribution in [-0.4, -0.2) is 42.1 Å². The van der Waals surface area contributed by atoms with E-state index in [0.717, 1.165) is 27.6 Å². The van der Waals surface area contributed by atoms with E-state index in [-0.39, 0.29) is 12.5 Å². The number of fused-ring (bicyclic) bond motifs is 2. The lowest BCUT2D eigenvalue weighted by molar-refractivity contribution is -0.108. The van der Waals surface area contributed by atoms with Gasteiger partial charge in [-0.2, -0.15) is 0 Å². The lowest BCUT2D eigenvalue weighted by Gasteiger charge is -2.25. The first-order valence-electron chi connectivity index (χ1n) is 11.0. The van der Waals surface area contributed by atoms with Crippen LogP contribution in [0.4, 0.5) is 4.79 Å². The molecule has 1 aliphatic rings. The Morgan fingerprint density at radius 2 is 1.94 bits per heavy atom. The van der Waals surface area contributed by atoms with Crippen LogP contribution in [0.15, 0.2) is 71.4 Å². The zero-order valence-corrected chi connectivity index (χ0v) is 18.9. The monoisotopic (exact) mass is 470 g/mol. The van der Waals surface area contributed by atoms with E-state index in [1.165, 1.54) is 0 Å². The maximum absolute atomic E-state index is 13.0. The van der Waals surface area contributed by atoms with Gasteiger partial charge in [0.2, 0.25) is 6.41 Å². The summed E-state index contributed by atoms with van der Waals surface area (Å²) >= 11 is 0. The van der Waals surface area contributed by atoms with E-state index in [1.807, 2.05) is 54.6 Å². The summed E-state index contributed by atoms with van der Waals surface area (Å²) in [7, 11) is 1.55. The lowest BCUT2D eigenvalue weighted by Crippen LogP contribution is -2.42. The highest BCUT2D eigenvalue weighted by Gasteiger charge is 2.30. The fourth-order valence-corrected chi connectivity index (χ4v) is 4.27. The molecule has 1 atom stereocenters.